The predicted molar refractivity (Wildman–Crippen MR) is 108 cm³/mol. The van der Waals surface area contributed by atoms with Crippen LogP contribution >= 0.6 is 11.6 Å². The van der Waals surface area contributed by atoms with Crippen LogP contribution in [-0.2, 0) is 14.8 Å². The van der Waals surface area contributed by atoms with Crippen LogP contribution in [0.15, 0.2) is 48.5 Å². The highest BCUT2D eigenvalue weighted by Crippen LogP contribution is 2.23. The second kappa shape index (κ2) is 9.10. The molecule has 1 amide bonds. The number of nitrogens with one attached hydrogen (secondary N) is 1. The van der Waals surface area contributed by atoms with Crippen molar-refractivity contribution in [3.8, 4) is 5.75 Å². The summed E-state index contributed by atoms with van der Waals surface area (Å²) in [5, 5.41) is 3.19. The van der Waals surface area contributed by atoms with Gasteiger partial charge in [0.1, 0.15) is 18.4 Å². The molecule has 2 rings (SSSR count). The summed E-state index contributed by atoms with van der Waals surface area (Å²) in [6.07, 6.45) is 1.06. The Bertz CT molecular complexity index is 868. The van der Waals surface area contributed by atoms with E-state index in [2.05, 4.69) is 5.32 Å². The first-order valence-electron chi connectivity index (χ1n) is 8.40. The number of hydrogen-bond acceptors (Lipinski definition) is 4. The first-order chi connectivity index (χ1) is 12.7. The number of amides is 1. The Hall–Kier alpha value is -2.25. The molecule has 0 saturated carbocycles. The van der Waals surface area contributed by atoms with Crippen molar-refractivity contribution in [2.45, 2.75) is 19.9 Å². The molecule has 0 aliphatic rings. The molecule has 0 aliphatic carbocycles. The average molecular weight is 411 g/mol. The summed E-state index contributed by atoms with van der Waals surface area (Å²) in [6, 6.07) is 12.9. The molecule has 0 unspecified atom stereocenters. The lowest BCUT2D eigenvalue weighted by Gasteiger charge is -2.28. The molecule has 0 saturated heterocycles. The van der Waals surface area contributed by atoms with E-state index >= 15 is 0 Å². The number of carbonyl (C=O) groups is 1. The lowest BCUT2D eigenvalue weighted by atomic mass is 10.2. The van der Waals surface area contributed by atoms with Crippen molar-refractivity contribution in [2.75, 3.05) is 23.7 Å². The van der Waals surface area contributed by atoms with Gasteiger partial charge >= 0.3 is 0 Å². The third-order valence-electron chi connectivity index (χ3n) is 3.86. The van der Waals surface area contributed by atoms with Crippen molar-refractivity contribution in [1.82, 2.24) is 5.32 Å². The highest BCUT2D eigenvalue weighted by atomic mass is 35.5. The third kappa shape index (κ3) is 6.15. The SMILES string of the molecule is Cc1ccc(OCCNC(=O)[C@@H](C)N(c2ccc(Cl)cc2)S(C)(=O)=O)cc1. The average Bonchev–Trinajstić information content (AvgIpc) is 2.60. The van der Waals surface area contributed by atoms with Gasteiger partial charge in [0.05, 0.1) is 18.5 Å². The predicted octanol–water partition coefficient (Wildman–Crippen LogP) is 3.00. The number of benzene rings is 2. The highest BCUT2D eigenvalue weighted by molar-refractivity contribution is 7.92. The maximum absolute atomic E-state index is 12.4. The van der Waals surface area contributed by atoms with E-state index in [1.807, 2.05) is 31.2 Å². The van der Waals surface area contributed by atoms with Crippen LogP contribution in [0.25, 0.3) is 0 Å². The summed E-state index contributed by atoms with van der Waals surface area (Å²) in [5.41, 5.74) is 1.51. The molecule has 6 nitrogen and oxygen atoms in total. The number of anilines is 1. The Morgan fingerprint density at radius 1 is 1.15 bits per heavy atom. The topological polar surface area (TPSA) is 75.7 Å². The summed E-state index contributed by atoms with van der Waals surface area (Å²) in [7, 11) is -3.65. The van der Waals surface area contributed by atoms with Crippen LogP contribution in [0.1, 0.15) is 12.5 Å². The van der Waals surface area contributed by atoms with E-state index in [9.17, 15) is 13.2 Å². The third-order valence-corrected chi connectivity index (χ3v) is 5.35. The molecule has 27 heavy (non-hydrogen) atoms. The highest BCUT2D eigenvalue weighted by Gasteiger charge is 2.28. The maximum atomic E-state index is 12.4. The molecule has 0 radical (unpaired) electrons. The zero-order valence-corrected chi connectivity index (χ0v) is 17.0. The Morgan fingerprint density at radius 3 is 2.30 bits per heavy atom. The first-order valence-corrected chi connectivity index (χ1v) is 10.6. The lowest BCUT2D eigenvalue weighted by molar-refractivity contribution is -0.121. The molecular weight excluding hydrogens is 388 g/mol. The summed E-state index contributed by atoms with van der Waals surface area (Å²) in [6.45, 7) is 4.06. The van der Waals surface area contributed by atoms with E-state index in [1.165, 1.54) is 6.92 Å². The number of rotatable bonds is 8. The molecule has 0 spiro atoms. The first kappa shape index (κ1) is 21.1. The van der Waals surface area contributed by atoms with E-state index in [1.54, 1.807) is 24.3 Å². The fourth-order valence-electron chi connectivity index (χ4n) is 2.52. The zero-order valence-electron chi connectivity index (χ0n) is 15.5. The van der Waals surface area contributed by atoms with Crippen LogP contribution in [0.5, 0.6) is 5.75 Å². The van der Waals surface area contributed by atoms with E-state index < -0.39 is 22.0 Å². The van der Waals surface area contributed by atoms with Crippen LogP contribution in [0.2, 0.25) is 5.02 Å². The van der Waals surface area contributed by atoms with Gasteiger partial charge in [0.15, 0.2) is 0 Å². The smallest absolute Gasteiger partial charge is 0.243 e. The van der Waals surface area contributed by atoms with Gasteiger partial charge in [-0.2, -0.15) is 0 Å². The fraction of sp³-hybridized carbons (Fsp3) is 0.316. The summed E-state index contributed by atoms with van der Waals surface area (Å²) in [5.74, 6) is 0.296. The second-order valence-corrected chi connectivity index (χ2v) is 8.46. The van der Waals surface area contributed by atoms with Gasteiger partial charge in [-0.25, -0.2) is 8.42 Å². The van der Waals surface area contributed by atoms with Gasteiger partial charge in [-0.1, -0.05) is 29.3 Å². The number of sulfonamides is 1. The molecule has 0 fully saturated rings. The second-order valence-electron chi connectivity index (χ2n) is 6.16. The standard InChI is InChI=1S/C19H23ClN2O4S/c1-14-4-10-18(11-5-14)26-13-12-21-19(23)15(2)22(27(3,24)25)17-8-6-16(20)7-9-17/h4-11,15H,12-13H2,1-3H3,(H,21,23)/t15-/m1/s1. The van der Waals surface area contributed by atoms with Crippen LogP contribution in [0, 0.1) is 6.92 Å². The molecule has 0 heterocycles. The molecule has 2 aromatic rings. The number of halogens is 1. The largest absolute Gasteiger partial charge is 0.492 e. The molecule has 1 atom stereocenters. The van der Waals surface area contributed by atoms with Gasteiger partial charge in [-0.3, -0.25) is 9.10 Å². The summed E-state index contributed by atoms with van der Waals surface area (Å²) >= 11 is 5.86. The van der Waals surface area contributed by atoms with E-state index in [0.29, 0.717) is 16.5 Å². The molecule has 0 bridgehead atoms. The molecule has 8 heteroatoms. The molecule has 2 aromatic carbocycles. The van der Waals surface area contributed by atoms with Gasteiger partial charge < -0.3 is 10.1 Å². The van der Waals surface area contributed by atoms with Crippen molar-refractivity contribution < 1.29 is 17.9 Å². The molecule has 0 aliphatic heterocycles. The maximum Gasteiger partial charge on any atom is 0.243 e. The van der Waals surface area contributed by atoms with Crippen molar-refractivity contribution in [3.05, 3.63) is 59.1 Å². The monoisotopic (exact) mass is 410 g/mol. The molecular formula is C19H23ClN2O4S. The quantitative estimate of drug-likeness (QED) is 0.679. The minimum Gasteiger partial charge on any atom is -0.492 e. The number of aryl methyl sites for hydroxylation is 1. The lowest BCUT2D eigenvalue weighted by Crippen LogP contribution is -2.48. The van der Waals surface area contributed by atoms with Crippen molar-refractivity contribution >= 4 is 33.2 Å². The van der Waals surface area contributed by atoms with Gasteiger partial charge in [0.2, 0.25) is 15.9 Å². The van der Waals surface area contributed by atoms with Gasteiger partial charge in [0.25, 0.3) is 0 Å². The van der Waals surface area contributed by atoms with E-state index in [0.717, 1.165) is 16.1 Å². The van der Waals surface area contributed by atoms with Crippen molar-refractivity contribution in [1.29, 1.82) is 0 Å². The number of ether oxygens (including phenoxy) is 1. The Kier molecular flexibility index (Phi) is 7.10. The zero-order chi connectivity index (χ0) is 20.0. The minimum atomic E-state index is -3.65. The molecule has 0 aromatic heterocycles. The Labute approximate surface area is 165 Å². The Morgan fingerprint density at radius 2 is 1.74 bits per heavy atom. The normalized spacial score (nSPS) is 12.3. The van der Waals surface area contributed by atoms with Crippen molar-refractivity contribution in [2.24, 2.45) is 0 Å². The van der Waals surface area contributed by atoms with E-state index in [-0.39, 0.29) is 13.2 Å². The van der Waals surface area contributed by atoms with Crippen LogP contribution in [-0.4, -0.2) is 39.8 Å². The van der Waals surface area contributed by atoms with E-state index in [4.69, 9.17) is 16.3 Å². The summed E-state index contributed by atoms with van der Waals surface area (Å²) < 4.78 is 31.0. The number of carbonyl (C=O) groups excluding carboxylic acids is 1. The van der Waals surface area contributed by atoms with Gasteiger partial charge in [-0.05, 0) is 50.2 Å². The number of hydrogen-bond donors (Lipinski definition) is 1. The molecule has 146 valence electrons. The Balaban J connectivity index is 1.96. The van der Waals surface area contributed by atoms with Gasteiger partial charge in [0, 0.05) is 5.02 Å². The van der Waals surface area contributed by atoms with Gasteiger partial charge in [-0.15, -0.1) is 0 Å². The minimum absolute atomic E-state index is 0.259. The molecule has 1 N–H and O–H groups in total. The van der Waals surface area contributed by atoms with Crippen LogP contribution < -0.4 is 14.4 Å². The van der Waals surface area contributed by atoms with Crippen LogP contribution in [0.3, 0.4) is 0 Å². The van der Waals surface area contributed by atoms with Crippen molar-refractivity contribution in [3.63, 3.8) is 0 Å². The number of nitrogens with zero attached hydrogens (tertiary/aromatic N) is 1. The van der Waals surface area contributed by atoms with Crippen LogP contribution in [0.4, 0.5) is 5.69 Å². The summed E-state index contributed by atoms with van der Waals surface area (Å²) in [4.78, 5) is 12.4. The fourth-order valence-corrected chi connectivity index (χ4v) is 3.82.